The predicted molar refractivity (Wildman–Crippen MR) is 128 cm³/mol. The quantitative estimate of drug-likeness (QED) is 0.528. The van der Waals surface area contributed by atoms with Gasteiger partial charge in [0.2, 0.25) is 0 Å². The molecule has 0 spiro atoms. The Bertz CT molecular complexity index is 1210. The van der Waals surface area contributed by atoms with Crippen molar-refractivity contribution in [3.05, 3.63) is 72.3 Å². The number of hydrogen-bond acceptors (Lipinski definition) is 7. The number of benzene rings is 1. The fraction of sp³-hybridized carbons (Fsp3) is 0.348. The number of ether oxygens (including phenoxy) is 1. The maximum Gasteiger partial charge on any atom is 0.319 e. The molecule has 1 fully saturated rings. The van der Waals surface area contributed by atoms with E-state index < -0.39 is 10.0 Å². The van der Waals surface area contributed by atoms with Gasteiger partial charge in [-0.2, -0.15) is 9.19 Å². The van der Waals surface area contributed by atoms with Crippen molar-refractivity contribution in [3.8, 4) is 5.75 Å². The molecular weight excluding hydrogens is 456 g/mol. The number of amides is 2. The van der Waals surface area contributed by atoms with E-state index in [2.05, 4.69) is 25.6 Å². The summed E-state index contributed by atoms with van der Waals surface area (Å²) in [6, 6.07) is 14.4. The summed E-state index contributed by atoms with van der Waals surface area (Å²) in [5.41, 5.74) is 2.23. The van der Waals surface area contributed by atoms with Crippen LogP contribution in [-0.2, 0) is 16.6 Å². The van der Waals surface area contributed by atoms with Gasteiger partial charge in [0, 0.05) is 49.2 Å². The van der Waals surface area contributed by atoms with Gasteiger partial charge >= 0.3 is 6.03 Å². The third-order valence-electron chi connectivity index (χ3n) is 5.77. The zero-order valence-electron chi connectivity index (χ0n) is 19.1. The number of likely N-dealkylation sites (tertiary alicyclic amines) is 1. The van der Waals surface area contributed by atoms with Gasteiger partial charge in [-0.25, -0.2) is 13.2 Å². The Labute approximate surface area is 199 Å². The van der Waals surface area contributed by atoms with E-state index >= 15 is 0 Å². The van der Waals surface area contributed by atoms with Gasteiger partial charge in [0.05, 0.1) is 25.3 Å². The molecule has 2 atom stereocenters. The van der Waals surface area contributed by atoms with E-state index in [1.807, 2.05) is 42.5 Å². The first-order chi connectivity index (χ1) is 16.3. The van der Waals surface area contributed by atoms with Crippen LogP contribution >= 0.6 is 0 Å². The molecule has 0 aliphatic carbocycles. The third-order valence-corrected chi connectivity index (χ3v) is 6.65. The molecule has 10 nitrogen and oxygen atoms in total. The molecule has 2 unspecified atom stereocenters. The molecule has 34 heavy (non-hydrogen) atoms. The van der Waals surface area contributed by atoms with Gasteiger partial charge in [-0.05, 0) is 36.8 Å². The van der Waals surface area contributed by atoms with Crippen molar-refractivity contribution in [2.75, 3.05) is 31.8 Å². The highest BCUT2D eigenvalue weighted by Gasteiger charge is 2.33. The standard InChI is InChI=1S/C23H28N6O4S/c1-33-19-8-9-21(24-14-19)20-16-28(15-18-10-13-29(27-18)34(2,31)32)12-11-22(20)26-23(30)25-17-6-4-3-5-7-17/h3-10,13-14,20,22H,11-12,15-16H2,1-2H3,(H2,25,26,30). The molecule has 1 aliphatic rings. The number of rotatable bonds is 7. The van der Waals surface area contributed by atoms with Crippen molar-refractivity contribution in [3.63, 3.8) is 0 Å². The Balaban J connectivity index is 1.48. The molecule has 2 N–H and O–H groups in total. The van der Waals surface area contributed by atoms with E-state index in [0.29, 0.717) is 37.5 Å². The summed E-state index contributed by atoms with van der Waals surface area (Å²) < 4.78 is 29.7. The Kier molecular flexibility index (Phi) is 7.13. The molecule has 3 heterocycles. The molecule has 1 saturated heterocycles. The van der Waals surface area contributed by atoms with Crippen molar-refractivity contribution in [1.29, 1.82) is 0 Å². The van der Waals surface area contributed by atoms with Crippen LogP contribution in [0.5, 0.6) is 5.75 Å². The molecule has 1 aliphatic heterocycles. The lowest BCUT2D eigenvalue weighted by Crippen LogP contribution is -2.50. The second kappa shape index (κ2) is 10.2. The number of para-hydroxylation sites is 1. The highest BCUT2D eigenvalue weighted by Crippen LogP contribution is 2.28. The summed E-state index contributed by atoms with van der Waals surface area (Å²) >= 11 is 0. The second-order valence-electron chi connectivity index (χ2n) is 8.27. The monoisotopic (exact) mass is 484 g/mol. The number of urea groups is 1. The average molecular weight is 485 g/mol. The number of anilines is 1. The highest BCUT2D eigenvalue weighted by molar-refractivity contribution is 7.89. The van der Waals surface area contributed by atoms with Crippen LogP contribution in [0.25, 0.3) is 0 Å². The van der Waals surface area contributed by atoms with Gasteiger partial charge < -0.3 is 15.4 Å². The smallest absolute Gasteiger partial charge is 0.319 e. The maximum absolute atomic E-state index is 12.7. The van der Waals surface area contributed by atoms with Gasteiger partial charge in [0.25, 0.3) is 10.0 Å². The number of carbonyl (C=O) groups excluding carboxylic acids is 1. The summed E-state index contributed by atoms with van der Waals surface area (Å²) in [5, 5.41) is 10.2. The SMILES string of the molecule is COc1ccc(C2CN(Cc3ccn(S(C)(=O)=O)n3)CCC2NC(=O)Nc2ccccc2)nc1. The largest absolute Gasteiger partial charge is 0.495 e. The van der Waals surface area contributed by atoms with E-state index in [9.17, 15) is 13.2 Å². The molecule has 2 amide bonds. The normalized spacial score (nSPS) is 18.9. The van der Waals surface area contributed by atoms with Crippen LogP contribution in [0.1, 0.15) is 23.7 Å². The first-order valence-corrected chi connectivity index (χ1v) is 12.8. The van der Waals surface area contributed by atoms with Crippen LogP contribution in [0.4, 0.5) is 10.5 Å². The Hall–Kier alpha value is -3.44. The van der Waals surface area contributed by atoms with Crippen molar-refractivity contribution < 1.29 is 17.9 Å². The Morgan fingerprint density at radius 2 is 1.97 bits per heavy atom. The first kappa shape index (κ1) is 23.7. The number of nitrogens with zero attached hydrogens (tertiary/aromatic N) is 4. The minimum absolute atomic E-state index is 0.0711. The van der Waals surface area contributed by atoms with Gasteiger partial charge in [-0.3, -0.25) is 9.88 Å². The van der Waals surface area contributed by atoms with Crippen LogP contribution in [0.15, 0.2) is 60.9 Å². The van der Waals surface area contributed by atoms with E-state index in [1.165, 1.54) is 6.20 Å². The van der Waals surface area contributed by atoms with Crippen molar-refractivity contribution in [2.24, 2.45) is 0 Å². The molecular formula is C23H28N6O4S. The minimum Gasteiger partial charge on any atom is -0.495 e. The number of piperidine rings is 1. The maximum atomic E-state index is 12.7. The fourth-order valence-electron chi connectivity index (χ4n) is 4.07. The lowest BCUT2D eigenvalue weighted by molar-refractivity contribution is 0.165. The molecule has 1 aromatic carbocycles. The van der Waals surface area contributed by atoms with Crippen LogP contribution < -0.4 is 15.4 Å². The van der Waals surface area contributed by atoms with Gasteiger partial charge in [0.1, 0.15) is 5.75 Å². The topological polar surface area (TPSA) is 118 Å². The summed E-state index contributed by atoms with van der Waals surface area (Å²) in [6.07, 6.45) is 4.94. The second-order valence-corrected chi connectivity index (χ2v) is 10.1. The lowest BCUT2D eigenvalue weighted by Gasteiger charge is -2.38. The summed E-state index contributed by atoms with van der Waals surface area (Å²) in [5.74, 6) is 0.590. The predicted octanol–water partition coefficient (Wildman–Crippen LogP) is 2.27. The molecule has 180 valence electrons. The van der Waals surface area contributed by atoms with E-state index in [0.717, 1.165) is 21.7 Å². The Morgan fingerprint density at radius 3 is 2.62 bits per heavy atom. The van der Waals surface area contributed by atoms with Crippen LogP contribution in [-0.4, -0.2) is 66.0 Å². The molecule has 3 aromatic rings. The first-order valence-electron chi connectivity index (χ1n) is 10.9. The number of carbonyl (C=O) groups is 1. The zero-order chi connectivity index (χ0) is 24.1. The van der Waals surface area contributed by atoms with Crippen LogP contribution in [0.2, 0.25) is 0 Å². The molecule has 11 heteroatoms. The lowest BCUT2D eigenvalue weighted by atomic mass is 9.88. The van der Waals surface area contributed by atoms with Crippen LogP contribution in [0, 0.1) is 0 Å². The summed E-state index contributed by atoms with van der Waals surface area (Å²) in [4.78, 5) is 19.4. The number of nitrogens with one attached hydrogen (secondary N) is 2. The van der Waals surface area contributed by atoms with E-state index in [4.69, 9.17) is 4.74 Å². The van der Waals surface area contributed by atoms with E-state index in [-0.39, 0.29) is 18.0 Å². The summed E-state index contributed by atoms with van der Waals surface area (Å²) in [6.45, 7) is 1.84. The van der Waals surface area contributed by atoms with Gasteiger partial charge in [-0.1, -0.05) is 18.2 Å². The number of methoxy groups -OCH3 is 1. The van der Waals surface area contributed by atoms with Gasteiger partial charge in [-0.15, -0.1) is 0 Å². The number of aromatic nitrogens is 3. The fourth-order valence-corrected chi connectivity index (χ4v) is 4.60. The highest BCUT2D eigenvalue weighted by atomic mass is 32.2. The number of hydrogen-bond donors (Lipinski definition) is 2. The van der Waals surface area contributed by atoms with Crippen LogP contribution in [0.3, 0.4) is 0 Å². The Morgan fingerprint density at radius 1 is 1.18 bits per heavy atom. The average Bonchev–Trinajstić information content (AvgIpc) is 3.30. The minimum atomic E-state index is -3.42. The van der Waals surface area contributed by atoms with Gasteiger partial charge in [0.15, 0.2) is 0 Å². The third kappa shape index (κ3) is 5.91. The molecule has 0 saturated carbocycles. The molecule has 4 rings (SSSR count). The van der Waals surface area contributed by atoms with E-state index in [1.54, 1.807) is 19.4 Å². The van der Waals surface area contributed by atoms with Crippen molar-refractivity contribution >= 4 is 21.7 Å². The number of pyridine rings is 1. The molecule has 2 aromatic heterocycles. The van der Waals surface area contributed by atoms with Crippen molar-refractivity contribution in [1.82, 2.24) is 24.4 Å². The zero-order valence-corrected chi connectivity index (χ0v) is 19.9. The summed E-state index contributed by atoms with van der Waals surface area (Å²) in [7, 11) is -1.83. The van der Waals surface area contributed by atoms with Crippen molar-refractivity contribution in [2.45, 2.75) is 24.9 Å². The molecule has 0 radical (unpaired) electrons. The molecule has 0 bridgehead atoms.